The highest BCUT2D eigenvalue weighted by atomic mass is 35.5. The number of aliphatic hydroxyl groups excluding tert-OH is 1. The van der Waals surface area contributed by atoms with Crippen molar-refractivity contribution < 1.29 is 9.50 Å². The number of nitrogens with one attached hydrogen (secondary N) is 1. The Labute approximate surface area is 110 Å². The third-order valence-electron chi connectivity index (χ3n) is 2.69. The van der Waals surface area contributed by atoms with Crippen LogP contribution in [-0.2, 0) is 0 Å². The average molecular weight is 272 g/mol. The van der Waals surface area contributed by atoms with Gasteiger partial charge in [-0.05, 0) is 30.5 Å². The Kier molecular flexibility index (Phi) is 4.04. The van der Waals surface area contributed by atoms with Crippen LogP contribution in [0.4, 0.5) is 4.39 Å². The summed E-state index contributed by atoms with van der Waals surface area (Å²) in [5, 5.41) is 12.9. The van der Waals surface area contributed by atoms with Crippen molar-refractivity contribution in [3.63, 3.8) is 0 Å². The van der Waals surface area contributed by atoms with Gasteiger partial charge in [0, 0.05) is 6.04 Å². The van der Waals surface area contributed by atoms with Crippen LogP contribution in [0.15, 0.2) is 23.2 Å². The molecule has 1 fully saturated rings. The van der Waals surface area contributed by atoms with Crippen molar-refractivity contribution in [3.8, 4) is 0 Å². The molecule has 1 unspecified atom stereocenters. The molecule has 0 amide bonds. The lowest BCUT2D eigenvalue weighted by atomic mass is 10.1. The molecule has 1 aliphatic rings. The van der Waals surface area contributed by atoms with E-state index in [0.29, 0.717) is 17.6 Å². The molecule has 0 radical (unpaired) electrons. The first-order chi connectivity index (χ1) is 8.56. The Morgan fingerprint density at radius 2 is 2.33 bits per heavy atom. The van der Waals surface area contributed by atoms with Crippen molar-refractivity contribution in [3.05, 3.63) is 34.6 Å². The largest absolute Gasteiger partial charge is 0.386 e. The maximum Gasteiger partial charge on any atom is 0.188 e. The molecule has 1 aromatic rings. The van der Waals surface area contributed by atoms with E-state index in [-0.39, 0.29) is 11.6 Å². The molecule has 0 spiro atoms. The fraction of sp³-hybridized carbons (Fsp3) is 0.417. The quantitative estimate of drug-likeness (QED) is 0.575. The minimum Gasteiger partial charge on any atom is -0.386 e. The van der Waals surface area contributed by atoms with Gasteiger partial charge in [-0.1, -0.05) is 17.7 Å². The number of guanidine groups is 1. The minimum absolute atomic E-state index is 0.0318. The van der Waals surface area contributed by atoms with Crippen LogP contribution in [0.25, 0.3) is 0 Å². The summed E-state index contributed by atoms with van der Waals surface area (Å²) in [4.78, 5) is 4.01. The van der Waals surface area contributed by atoms with E-state index in [9.17, 15) is 9.50 Å². The molecule has 0 saturated heterocycles. The van der Waals surface area contributed by atoms with Gasteiger partial charge < -0.3 is 16.2 Å². The number of hydrogen-bond acceptors (Lipinski definition) is 2. The van der Waals surface area contributed by atoms with Gasteiger partial charge in [0.1, 0.15) is 5.82 Å². The van der Waals surface area contributed by atoms with Crippen LogP contribution < -0.4 is 11.1 Å². The van der Waals surface area contributed by atoms with Crippen molar-refractivity contribution in [2.24, 2.45) is 10.7 Å². The second-order valence-electron chi connectivity index (χ2n) is 4.33. The van der Waals surface area contributed by atoms with Gasteiger partial charge in [-0.15, -0.1) is 0 Å². The maximum absolute atomic E-state index is 13.2. The summed E-state index contributed by atoms with van der Waals surface area (Å²) in [7, 11) is 0. The molecule has 98 valence electrons. The predicted octanol–water partition coefficient (Wildman–Crippen LogP) is 1.58. The van der Waals surface area contributed by atoms with E-state index >= 15 is 0 Å². The van der Waals surface area contributed by atoms with Gasteiger partial charge >= 0.3 is 0 Å². The summed E-state index contributed by atoms with van der Waals surface area (Å²) >= 11 is 5.56. The molecule has 2 rings (SSSR count). The SMILES string of the molecule is NC(=NCC(O)c1ccc(Cl)c(F)c1)NC1CC1. The summed E-state index contributed by atoms with van der Waals surface area (Å²) in [6, 6.07) is 4.59. The summed E-state index contributed by atoms with van der Waals surface area (Å²) in [5.74, 6) is -0.243. The smallest absolute Gasteiger partial charge is 0.188 e. The lowest BCUT2D eigenvalue weighted by Crippen LogP contribution is -2.33. The standard InChI is InChI=1S/C12H15ClFN3O/c13-9-4-1-7(5-10(9)14)11(18)6-16-12(15)17-8-2-3-8/h1,4-5,8,11,18H,2-3,6H2,(H3,15,16,17). The topological polar surface area (TPSA) is 70.6 Å². The van der Waals surface area contributed by atoms with Gasteiger partial charge in [-0.2, -0.15) is 0 Å². The molecule has 18 heavy (non-hydrogen) atoms. The van der Waals surface area contributed by atoms with E-state index in [0.717, 1.165) is 12.8 Å². The number of aliphatic imine (C=N–C) groups is 1. The average Bonchev–Trinajstić information content (AvgIpc) is 3.13. The van der Waals surface area contributed by atoms with E-state index < -0.39 is 11.9 Å². The van der Waals surface area contributed by atoms with Gasteiger partial charge in [0.2, 0.25) is 0 Å². The fourth-order valence-electron chi connectivity index (χ4n) is 1.49. The molecule has 4 nitrogen and oxygen atoms in total. The zero-order chi connectivity index (χ0) is 13.1. The molecule has 0 aromatic heterocycles. The van der Waals surface area contributed by atoms with Crippen LogP contribution in [0.3, 0.4) is 0 Å². The highest BCUT2D eigenvalue weighted by molar-refractivity contribution is 6.30. The van der Waals surface area contributed by atoms with Gasteiger partial charge in [0.25, 0.3) is 0 Å². The molecular formula is C12H15ClFN3O. The molecule has 1 aromatic carbocycles. The van der Waals surface area contributed by atoms with Crippen LogP contribution in [-0.4, -0.2) is 23.7 Å². The molecular weight excluding hydrogens is 257 g/mol. The first-order valence-electron chi connectivity index (χ1n) is 5.75. The maximum atomic E-state index is 13.2. The summed E-state index contributed by atoms with van der Waals surface area (Å²) < 4.78 is 13.2. The number of hydrogen-bond donors (Lipinski definition) is 3. The second kappa shape index (κ2) is 5.54. The number of aliphatic hydroxyl groups is 1. The molecule has 0 bridgehead atoms. The molecule has 1 atom stereocenters. The van der Waals surface area contributed by atoms with E-state index in [2.05, 4.69) is 10.3 Å². The first-order valence-corrected chi connectivity index (χ1v) is 6.13. The van der Waals surface area contributed by atoms with Crippen LogP contribution in [0.5, 0.6) is 0 Å². The molecule has 0 heterocycles. The number of nitrogens with zero attached hydrogens (tertiary/aromatic N) is 1. The Bertz CT molecular complexity index is 463. The van der Waals surface area contributed by atoms with Crippen LogP contribution >= 0.6 is 11.6 Å². The van der Waals surface area contributed by atoms with Crippen LogP contribution in [0, 0.1) is 5.82 Å². The Balaban J connectivity index is 1.93. The van der Waals surface area contributed by atoms with Crippen molar-refractivity contribution >= 4 is 17.6 Å². The predicted molar refractivity (Wildman–Crippen MR) is 69.0 cm³/mol. The number of benzene rings is 1. The lowest BCUT2D eigenvalue weighted by molar-refractivity contribution is 0.186. The molecule has 1 aliphatic carbocycles. The van der Waals surface area contributed by atoms with Gasteiger partial charge in [0.15, 0.2) is 5.96 Å². The Morgan fingerprint density at radius 1 is 1.61 bits per heavy atom. The monoisotopic (exact) mass is 271 g/mol. The van der Waals surface area contributed by atoms with Crippen molar-refractivity contribution in [1.29, 1.82) is 0 Å². The van der Waals surface area contributed by atoms with Gasteiger partial charge in [0.05, 0.1) is 17.7 Å². The summed E-state index contributed by atoms with van der Waals surface area (Å²) in [6.07, 6.45) is 1.30. The highest BCUT2D eigenvalue weighted by Crippen LogP contribution is 2.21. The Hall–Kier alpha value is -1.33. The van der Waals surface area contributed by atoms with E-state index in [1.54, 1.807) is 6.07 Å². The number of nitrogens with two attached hydrogens (primary N) is 1. The lowest BCUT2D eigenvalue weighted by Gasteiger charge is -2.10. The van der Waals surface area contributed by atoms with E-state index in [4.69, 9.17) is 17.3 Å². The Morgan fingerprint density at radius 3 is 2.94 bits per heavy atom. The van der Waals surface area contributed by atoms with Gasteiger partial charge in [-0.25, -0.2) is 4.39 Å². The van der Waals surface area contributed by atoms with Crippen LogP contribution in [0.2, 0.25) is 5.02 Å². The first kappa shape index (κ1) is 13.1. The third kappa shape index (κ3) is 3.58. The fourth-order valence-corrected chi connectivity index (χ4v) is 1.61. The van der Waals surface area contributed by atoms with Crippen molar-refractivity contribution in [2.75, 3.05) is 6.54 Å². The molecule has 1 saturated carbocycles. The zero-order valence-electron chi connectivity index (χ0n) is 9.74. The molecule has 4 N–H and O–H groups in total. The summed E-state index contributed by atoms with van der Waals surface area (Å²) in [6.45, 7) is 0.0899. The second-order valence-corrected chi connectivity index (χ2v) is 4.74. The highest BCUT2D eigenvalue weighted by Gasteiger charge is 2.21. The summed E-state index contributed by atoms with van der Waals surface area (Å²) in [5.41, 5.74) is 6.06. The molecule has 6 heteroatoms. The van der Waals surface area contributed by atoms with E-state index in [1.807, 2.05) is 0 Å². The van der Waals surface area contributed by atoms with Gasteiger partial charge in [-0.3, -0.25) is 4.99 Å². The minimum atomic E-state index is -0.892. The number of rotatable bonds is 4. The van der Waals surface area contributed by atoms with Crippen LogP contribution in [0.1, 0.15) is 24.5 Å². The van der Waals surface area contributed by atoms with E-state index in [1.165, 1.54) is 12.1 Å². The zero-order valence-corrected chi connectivity index (χ0v) is 10.5. The number of halogens is 2. The van der Waals surface area contributed by atoms with Crippen molar-refractivity contribution in [2.45, 2.75) is 25.0 Å². The molecule has 0 aliphatic heterocycles. The van der Waals surface area contributed by atoms with Crippen molar-refractivity contribution in [1.82, 2.24) is 5.32 Å². The third-order valence-corrected chi connectivity index (χ3v) is 3.00. The normalized spacial score (nSPS) is 17.6.